The second-order valence-electron chi connectivity index (χ2n) is 13.2. The van der Waals surface area contributed by atoms with Gasteiger partial charge in [-0.2, -0.15) is 5.26 Å². The van der Waals surface area contributed by atoms with Gasteiger partial charge in [0.15, 0.2) is 0 Å². The minimum absolute atomic E-state index is 0.423. The number of hydrogen-bond donors (Lipinski definition) is 0. The van der Waals surface area contributed by atoms with Crippen molar-refractivity contribution in [3.05, 3.63) is 115 Å². The van der Waals surface area contributed by atoms with Crippen molar-refractivity contribution in [2.75, 3.05) is 97.9 Å². The lowest BCUT2D eigenvalue weighted by atomic mass is 10.0. The van der Waals surface area contributed by atoms with Crippen LogP contribution in [-0.2, 0) is 34.5 Å². The molecule has 0 fully saturated rings. The third-order valence-corrected chi connectivity index (χ3v) is 9.72. The molecule has 1 atom stereocenters. The predicted octanol–water partition coefficient (Wildman–Crippen LogP) is 7.29. The smallest absolute Gasteiger partial charge is 0.119 e. The molecule has 6 aromatic rings. The largest absolute Gasteiger partial charge is 0.491 e. The minimum Gasteiger partial charge on any atom is -0.491 e. The van der Waals surface area contributed by atoms with Crippen LogP contribution >= 0.6 is 0 Å². The van der Waals surface area contributed by atoms with Crippen molar-refractivity contribution >= 4 is 32.6 Å². The van der Waals surface area contributed by atoms with Crippen molar-refractivity contribution in [1.82, 2.24) is 9.97 Å². The topological polar surface area (TPSA) is 140 Å². The van der Waals surface area contributed by atoms with Gasteiger partial charge in [-0.25, -0.2) is 0 Å². The average molecular weight is 820 g/mol. The fraction of sp³-hybridized carbons (Fsp3) is 0.326. The van der Waals surface area contributed by atoms with Crippen molar-refractivity contribution in [3.8, 4) is 45.6 Å². The zero-order valence-electron chi connectivity index (χ0n) is 33.2. The molecule has 1 unspecified atom stereocenters. The lowest BCUT2D eigenvalue weighted by molar-refractivity contribution is 0.0117. The van der Waals surface area contributed by atoms with E-state index >= 15 is 0 Å². The summed E-state index contributed by atoms with van der Waals surface area (Å²) in [6.45, 7) is 5.98. The van der Waals surface area contributed by atoms with Gasteiger partial charge in [-0.15, -0.1) is 0 Å². The van der Waals surface area contributed by atoms with E-state index in [9.17, 15) is 4.21 Å². The highest BCUT2D eigenvalue weighted by atomic mass is 32.2. The molecule has 0 aliphatic heterocycles. The molecule has 2 aromatic heterocycles. The summed E-state index contributed by atoms with van der Waals surface area (Å²) in [5, 5.41) is 10.9. The third kappa shape index (κ3) is 14.1. The van der Waals surface area contributed by atoms with Crippen molar-refractivity contribution in [2.45, 2.75) is 0 Å². The second kappa shape index (κ2) is 23.8. The van der Waals surface area contributed by atoms with E-state index in [2.05, 4.69) is 30.3 Å². The normalized spacial score (nSPS) is 11.7. The van der Waals surface area contributed by atoms with Crippen LogP contribution in [0, 0.1) is 11.3 Å². The number of nitriles is 1. The van der Waals surface area contributed by atoms with E-state index in [1.807, 2.05) is 60.9 Å². The number of benzene rings is 4. The van der Waals surface area contributed by atoms with E-state index in [-0.39, 0.29) is 0 Å². The third-order valence-electron chi connectivity index (χ3n) is 8.98. The van der Waals surface area contributed by atoms with Crippen LogP contribution in [0.3, 0.4) is 0 Å². The Morgan fingerprint density at radius 2 is 0.831 bits per heavy atom. The highest BCUT2D eigenvalue weighted by Gasteiger charge is 2.09. The van der Waals surface area contributed by atoms with Crippen molar-refractivity contribution in [2.24, 2.45) is 0 Å². The lowest BCUT2D eigenvalue weighted by Gasteiger charge is -2.10. The molecule has 0 amide bonds. The van der Waals surface area contributed by atoms with Gasteiger partial charge in [0, 0.05) is 57.1 Å². The van der Waals surface area contributed by atoms with Crippen molar-refractivity contribution in [3.63, 3.8) is 0 Å². The highest BCUT2D eigenvalue weighted by Crippen LogP contribution is 2.31. The first-order valence-electron chi connectivity index (χ1n) is 19.5. The predicted molar refractivity (Wildman–Crippen MR) is 229 cm³/mol. The molecule has 0 aliphatic rings. The monoisotopic (exact) mass is 819 g/mol. The maximum absolute atomic E-state index is 11.0. The second-order valence-corrected chi connectivity index (χ2v) is 14.8. The Kier molecular flexibility index (Phi) is 17.4. The summed E-state index contributed by atoms with van der Waals surface area (Å²) in [4.78, 5) is 9.67. The number of ether oxygens (including phenoxy) is 8. The zero-order valence-corrected chi connectivity index (χ0v) is 34.0. The summed E-state index contributed by atoms with van der Waals surface area (Å²) in [7, 11) is -0.834. The van der Waals surface area contributed by atoms with Gasteiger partial charge in [0.2, 0.25) is 0 Å². The van der Waals surface area contributed by atoms with Gasteiger partial charge in [0.05, 0.1) is 88.7 Å². The Balaban J connectivity index is 0.879. The van der Waals surface area contributed by atoms with Gasteiger partial charge < -0.3 is 37.9 Å². The Bertz CT molecular complexity index is 2250. The first-order chi connectivity index (χ1) is 29.1. The van der Waals surface area contributed by atoms with E-state index in [1.54, 1.807) is 30.5 Å². The molecule has 12 nitrogen and oxygen atoms in total. The number of rotatable bonds is 26. The standard InChI is InChI=1S/C46H49N3O9S/c1-59(50)29-28-55-21-20-51-16-17-52-23-26-57-43-12-6-36(7-13-43)40-30-38-4-5-39-31-41(34-49-46(39)45(38)48-33-40)37-8-14-44(15-9-37)58-27-24-54-19-18-53-22-25-56-42-10-2-35(32-47)3-11-42/h2-15,30-31,33-34H,16-29H2,1H3. The van der Waals surface area contributed by atoms with Crippen LogP contribution in [0.2, 0.25) is 0 Å². The van der Waals surface area contributed by atoms with Crippen LogP contribution in [-0.4, -0.2) is 112 Å². The molecule has 0 saturated heterocycles. The Morgan fingerprint density at radius 3 is 1.20 bits per heavy atom. The van der Waals surface area contributed by atoms with Crippen LogP contribution in [0.4, 0.5) is 0 Å². The molecule has 0 spiro atoms. The first-order valence-corrected chi connectivity index (χ1v) is 21.2. The summed E-state index contributed by atoms with van der Waals surface area (Å²) in [6.07, 6.45) is 5.44. The zero-order chi connectivity index (χ0) is 40.9. The van der Waals surface area contributed by atoms with E-state index in [4.69, 9.17) is 53.1 Å². The minimum atomic E-state index is -0.834. The molecule has 0 aliphatic carbocycles. The number of nitrogens with zero attached hydrogens (tertiary/aromatic N) is 3. The quantitative estimate of drug-likeness (QED) is 0.0401. The molecule has 13 heteroatoms. The summed E-state index contributed by atoms with van der Waals surface area (Å²) < 4.78 is 55.9. The van der Waals surface area contributed by atoms with Crippen LogP contribution in [0.1, 0.15) is 5.56 Å². The van der Waals surface area contributed by atoms with Crippen LogP contribution in [0.25, 0.3) is 44.1 Å². The molecular weight excluding hydrogens is 771 g/mol. The molecule has 0 N–H and O–H groups in total. The van der Waals surface area contributed by atoms with Gasteiger partial charge in [0.25, 0.3) is 0 Å². The van der Waals surface area contributed by atoms with Crippen molar-refractivity contribution in [1.29, 1.82) is 5.26 Å². The highest BCUT2D eigenvalue weighted by molar-refractivity contribution is 7.84. The number of hydrogen-bond acceptors (Lipinski definition) is 12. The summed E-state index contributed by atoms with van der Waals surface area (Å²) >= 11 is 0. The van der Waals surface area contributed by atoms with Gasteiger partial charge in [-0.3, -0.25) is 14.2 Å². The molecule has 2 heterocycles. The maximum atomic E-state index is 11.0. The van der Waals surface area contributed by atoms with E-state index in [1.165, 1.54) is 0 Å². The number of pyridine rings is 2. The number of aromatic nitrogens is 2. The Labute approximate surface area is 347 Å². The molecule has 0 bridgehead atoms. The van der Waals surface area contributed by atoms with Gasteiger partial charge >= 0.3 is 0 Å². The van der Waals surface area contributed by atoms with Crippen LogP contribution in [0.15, 0.2) is 109 Å². The SMILES string of the molecule is CS(=O)CCOCCOCCOCCOc1ccc(-c2cnc3c(ccc4cc(-c5ccc(OCCOCCOCCOc6ccc(C#N)cc6)cc5)cnc43)c2)cc1. The Morgan fingerprint density at radius 1 is 0.475 bits per heavy atom. The van der Waals surface area contributed by atoms with Crippen molar-refractivity contribution < 1.29 is 42.1 Å². The van der Waals surface area contributed by atoms with Gasteiger partial charge in [-0.05, 0) is 71.8 Å². The van der Waals surface area contributed by atoms with Crippen LogP contribution in [0.5, 0.6) is 17.2 Å². The van der Waals surface area contributed by atoms with E-state index in [0.717, 1.165) is 55.6 Å². The first kappa shape index (κ1) is 43.1. The van der Waals surface area contributed by atoms with E-state index in [0.29, 0.717) is 103 Å². The van der Waals surface area contributed by atoms with Gasteiger partial charge in [0.1, 0.15) is 37.1 Å². The molecule has 6 rings (SSSR count). The maximum Gasteiger partial charge on any atom is 0.119 e. The fourth-order valence-corrected chi connectivity index (χ4v) is 6.27. The number of fused-ring (bicyclic) bond motifs is 3. The molecule has 4 aromatic carbocycles. The van der Waals surface area contributed by atoms with E-state index < -0.39 is 10.8 Å². The average Bonchev–Trinajstić information content (AvgIpc) is 3.27. The van der Waals surface area contributed by atoms with Gasteiger partial charge in [-0.1, -0.05) is 36.4 Å². The molecular formula is C46H49N3O9S. The molecule has 0 radical (unpaired) electrons. The molecule has 0 saturated carbocycles. The molecule has 59 heavy (non-hydrogen) atoms. The summed E-state index contributed by atoms with van der Waals surface area (Å²) in [6, 6.07) is 33.4. The molecule has 308 valence electrons. The fourth-order valence-electron chi connectivity index (χ4n) is 5.92. The van der Waals surface area contributed by atoms with Crippen LogP contribution < -0.4 is 14.2 Å². The summed E-state index contributed by atoms with van der Waals surface area (Å²) in [5.74, 6) is 2.78. The lowest BCUT2D eigenvalue weighted by Crippen LogP contribution is -2.13. The summed E-state index contributed by atoms with van der Waals surface area (Å²) in [5.41, 5.74) is 6.41. The Hall–Kier alpha value is -5.46.